The molecule has 2 rings (SSSR count). The number of anilines is 1. The summed E-state index contributed by atoms with van der Waals surface area (Å²) in [6.07, 6.45) is 0. The Kier molecular flexibility index (Phi) is 4.55. The van der Waals surface area contributed by atoms with E-state index in [-0.39, 0.29) is 12.3 Å². The Labute approximate surface area is 120 Å². The minimum atomic E-state index is -0.484. The third-order valence-corrected chi connectivity index (χ3v) is 2.54. The number of carbonyl (C=O) groups is 2. The molecule has 21 heavy (non-hydrogen) atoms. The maximum atomic E-state index is 11.9. The Morgan fingerprint density at radius 2 is 2.14 bits per heavy atom. The number of nitrogens with one attached hydrogen (secondary N) is 1. The highest BCUT2D eigenvalue weighted by atomic mass is 16.6. The van der Waals surface area contributed by atoms with Gasteiger partial charge in [0.05, 0.1) is 7.11 Å². The lowest BCUT2D eigenvalue weighted by Gasteiger charge is -2.07. The monoisotopic (exact) mass is 290 g/mol. The van der Waals surface area contributed by atoms with Gasteiger partial charge in [-0.3, -0.25) is 4.79 Å². The molecular formula is C14H14N2O5. The van der Waals surface area contributed by atoms with E-state index in [4.69, 9.17) is 9.26 Å². The molecule has 0 aliphatic heterocycles. The Balaban J connectivity index is 2.00. The van der Waals surface area contributed by atoms with Crippen LogP contribution in [-0.4, -0.2) is 30.7 Å². The highest BCUT2D eigenvalue weighted by Crippen LogP contribution is 2.18. The zero-order valence-electron chi connectivity index (χ0n) is 11.6. The molecule has 2 aromatic rings. The van der Waals surface area contributed by atoms with Crippen LogP contribution in [0.5, 0.6) is 5.75 Å². The van der Waals surface area contributed by atoms with Gasteiger partial charge < -0.3 is 19.3 Å². The fraction of sp³-hybridized carbons (Fsp3) is 0.214. The van der Waals surface area contributed by atoms with E-state index in [0.29, 0.717) is 17.2 Å². The van der Waals surface area contributed by atoms with Crippen molar-refractivity contribution in [2.45, 2.75) is 6.92 Å². The van der Waals surface area contributed by atoms with Crippen LogP contribution in [0.1, 0.15) is 16.2 Å². The molecule has 0 saturated carbocycles. The number of nitrogens with zero attached hydrogens (tertiary/aromatic N) is 1. The van der Waals surface area contributed by atoms with Gasteiger partial charge in [-0.15, -0.1) is 0 Å². The van der Waals surface area contributed by atoms with E-state index in [2.05, 4.69) is 15.2 Å². The molecule has 1 aromatic heterocycles. The molecule has 110 valence electrons. The van der Waals surface area contributed by atoms with Crippen molar-refractivity contribution >= 4 is 17.6 Å². The van der Waals surface area contributed by atoms with Gasteiger partial charge in [0.1, 0.15) is 11.5 Å². The molecule has 7 heteroatoms. The van der Waals surface area contributed by atoms with E-state index in [0.717, 1.165) is 0 Å². The number of amides is 1. The van der Waals surface area contributed by atoms with Gasteiger partial charge in [0, 0.05) is 17.8 Å². The quantitative estimate of drug-likeness (QED) is 0.844. The zero-order chi connectivity index (χ0) is 15.2. The van der Waals surface area contributed by atoms with Crippen LogP contribution in [0.25, 0.3) is 0 Å². The number of ether oxygens (including phenoxy) is 2. The molecule has 1 N–H and O–H groups in total. The Hall–Kier alpha value is -2.83. The van der Waals surface area contributed by atoms with E-state index in [1.165, 1.54) is 13.2 Å². The van der Waals surface area contributed by atoms with Gasteiger partial charge in [0.15, 0.2) is 12.3 Å². The van der Waals surface area contributed by atoms with Crippen LogP contribution in [0, 0.1) is 6.92 Å². The van der Waals surface area contributed by atoms with E-state index >= 15 is 0 Å². The van der Waals surface area contributed by atoms with E-state index < -0.39 is 11.9 Å². The number of aryl methyl sites for hydroxylation is 1. The number of aromatic nitrogens is 1. The minimum absolute atomic E-state index is 0.188. The average molecular weight is 290 g/mol. The van der Waals surface area contributed by atoms with Crippen molar-refractivity contribution in [1.82, 2.24) is 5.16 Å². The van der Waals surface area contributed by atoms with Crippen molar-refractivity contribution in [3.8, 4) is 5.75 Å². The second-order valence-corrected chi connectivity index (χ2v) is 4.17. The second-order valence-electron chi connectivity index (χ2n) is 4.17. The highest BCUT2D eigenvalue weighted by Gasteiger charge is 2.11. The van der Waals surface area contributed by atoms with Gasteiger partial charge in [0.25, 0.3) is 5.91 Å². The molecule has 1 aromatic carbocycles. The van der Waals surface area contributed by atoms with Crippen molar-refractivity contribution in [2.75, 3.05) is 19.0 Å². The normalized spacial score (nSPS) is 10.0. The molecule has 0 radical (unpaired) electrons. The summed E-state index contributed by atoms with van der Waals surface area (Å²) in [6, 6.07) is 8.17. The maximum Gasteiger partial charge on any atom is 0.343 e. The lowest BCUT2D eigenvalue weighted by atomic mass is 10.3. The van der Waals surface area contributed by atoms with Gasteiger partial charge in [-0.25, -0.2) is 4.79 Å². The van der Waals surface area contributed by atoms with Gasteiger partial charge in [-0.1, -0.05) is 11.2 Å². The minimum Gasteiger partial charge on any atom is -0.482 e. The molecule has 0 saturated heterocycles. The van der Waals surface area contributed by atoms with Crippen molar-refractivity contribution in [3.63, 3.8) is 0 Å². The molecule has 1 amide bonds. The predicted molar refractivity (Wildman–Crippen MR) is 73.1 cm³/mol. The van der Waals surface area contributed by atoms with Crippen molar-refractivity contribution in [2.24, 2.45) is 0 Å². The van der Waals surface area contributed by atoms with Crippen LogP contribution in [0.15, 0.2) is 34.9 Å². The summed E-state index contributed by atoms with van der Waals surface area (Å²) in [7, 11) is 1.28. The summed E-state index contributed by atoms with van der Waals surface area (Å²) < 4.78 is 14.5. The lowest BCUT2D eigenvalue weighted by Crippen LogP contribution is -2.14. The zero-order valence-corrected chi connectivity index (χ0v) is 11.6. The van der Waals surface area contributed by atoms with E-state index in [1.54, 1.807) is 31.2 Å². The lowest BCUT2D eigenvalue weighted by molar-refractivity contribution is -0.142. The first-order chi connectivity index (χ1) is 10.1. The number of benzene rings is 1. The van der Waals surface area contributed by atoms with E-state index in [9.17, 15) is 9.59 Å². The Morgan fingerprint density at radius 1 is 1.33 bits per heavy atom. The fourth-order valence-electron chi connectivity index (χ4n) is 1.53. The van der Waals surface area contributed by atoms with Crippen LogP contribution >= 0.6 is 0 Å². The van der Waals surface area contributed by atoms with Crippen molar-refractivity contribution in [1.29, 1.82) is 0 Å². The molecule has 0 bridgehead atoms. The third-order valence-electron chi connectivity index (χ3n) is 2.54. The summed E-state index contributed by atoms with van der Waals surface area (Å²) in [5, 5.41) is 6.28. The summed E-state index contributed by atoms with van der Waals surface area (Å²) >= 11 is 0. The van der Waals surface area contributed by atoms with Crippen LogP contribution < -0.4 is 10.1 Å². The predicted octanol–water partition coefficient (Wildman–Crippen LogP) is 1.79. The number of methoxy groups -OCH3 is 1. The van der Waals surface area contributed by atoms with Gasteiger partial charge >= 0.3 is 5.97 Å². The molecular weight excluding hydrogens is 276 g/mol. The third kappa shape index (κ3) is 4.07. The summed E-state index contributed by atoms with van der Waals surface area (Å²) in [5.74, 6) is 0.115. The number of esters is 1. The van der Waals surface area contributed by atoms with Crippen LogP contribution in [-0.2, 0) is 9.53 Å². The molecule has 0 aliphatic carbocycles. The van der Waals surface area contributed by atoms with Crippen molar-refractivity contribution < 1.29 is 23.6 Å². The number of carbonyl (C=O) groups excluding carboxylic acids is 2. The molecule has 0 unspecified atom stereocenters. The second kappa shape index (κ2) is 6.56. The summed E-state index contributed by atoms with van der Waals surface area (Å²) in [4.78, 5) is 22.9. The van der Waals surface area contributed by atoms with Gasteiger partial charge in [-0.2, -0.15) is 0 Å². The maximum absolute atomic E-state index is 11.9. The first-order valence-corrected chi connectivity index (χ1v) is 6.13. The molecule has 0 fully saturated rings. The van der Waals surface area contributed by atoms with Crippen LogP contribution in [0.2, 0.25) is 0 Å². The first-order valence-electron chi connectivity index (χ1n) is 6.13. The standard InChI is InChI=1S/C14H14N2O5/c1-9-6-12(16-21-9)14(18)15-10-4-3-5-11(7-10)20-8-13(17)19-2/h3-7H,8H2,1-2H3,(H,15,18). The topological polar surface area (TPSA) is 90.7 Å². The Morgan fingerprint density at radius 3 is 2.81 bits per heavy atom. The molecule has 0 aliphatic rings. The largest absolute Gasteiger partial charge is 0.482 e. The summed E-state index contributed by atoms with van der Waals surface area (Å²) in [6.45, 7) is 1.50. The highest BCUT2D eigenvalue weighted by molar-refractivity contribution is 6.02. The van der Waals surface area contributed by atoms with Crippen molar-refractivity contribution in [3.05, 3.63) is 41.8 Å². The summed E-state index contributed by atoms with van der Waals surface area (Å²) in [5.41, 5.74) is 0.705. The van der Waals surface area contributed by atoms with Crippen LogP contribution in [0.4, 0.5) is 5.69 Å². The number of rotatable bonds is 5. The molecule has 1 heterocycles. The fourth-order valence-corrected chi connectivity index (χ4v) is 1.53. The van der Waals surface area contributed by atoms with Crippen LogP contribution in [0.3, 0.4) is 0 Å². The average Bonchev–Trinajstić information content (AvgIpc) is 2.92. The van der Waals surface area contributed by atoms with E-state index in [1.807, 2.05) is 0 Å². The molecule has 0 atom stereocenters. The van der Waals surface area contributed by atoms with Gasteiger partial charge in [-0.05, 0) is 19.1 Å². The number of hydrogen-bond donors (Lipinski definition) is 1. The Bertz CT molecular complexity index is 650. The smallest absolute Gasteiger partial charge is 0.343 e. The first kappa shape index (κ1) is 14.6. The molecule has 0 spiro atoms. The number of hydrogen-bond acceptors (Lipinski definition) is 6. The van der Waals surface area contributed by atoms with Gasteiger partial charge in [0.2, 0.25) is 0 Å². The SMILES string of the molecule is COC(=O)COc1cccc(NC(=O)c2cc(C)on2)c1. The molecule has 7 nitrogen and oxygen atoms in total.